The van der Waals surface area contributed by atoms with Gasteiger partial charge in [-0.15, -0.1) is 0 Å². The summed E-state index contributed by atoms with van der Waals surface area (Å²) in [4.78, 5) is 6.65. The Morgan fingerprint density at radius 1 is 1.19 bits per heavy atom. The zero-order valence-electron chi connectivity index (χ0n) is 14.2. The van der Waals surface area contributed by atoms with Crippen LogP contribution in [0, 0.1) is 18.6 Å². The van der Waals surface area contributed by atoms with Crippen molar-refractivity contribution < 1.29 is 13.2 Å². The van der Waals surface area contributed by atoms with Gasteiger partial charge in [0.15, 0.2) is 11.6 Å². The van der Waals surface area contributed by atoms with Crippen molar-refractivity contribution in [3.8, 4) is 11.5 Å². The Morgan fingerprint density at radius 3 is 2.85 bits per heavy atom. The predicted octanol–water partition coefficient (Wildman–Crippen LogP) is 5.14. The van der Waals surface area contributed by atoms with E-state index < -0.39 is 11.6 Å². The van der Waals surface area contributed by atoms with Crippen molar-refractivity contribution in [3.63, 3.8) is 0 Å². The summed E-state index contributed by atoms with van der Waals surface area (Å²) in [5.74, 6) is -1.14. The lowest BCUT2D eigenvalue weighted by molar-refractivity contribution is 0.242. The van der Waals surface area contributed by atoms with E-state index in [2.05, 4.69) is 16.0 Å². The standard InChI is InChI=1S/C20H17ClF2N2O/c1-12-18(24-20(26-12)15-5-3-7-17(22)19(15)23)11-25-9-8-14-13(10-25)4-2-6-16(14)21/h2-7H,8-11H2,1H3. The first-order chi connectivity index (χ1) is 12.5. The van der Waals surface area contributed by atoms with Crippen molar-refractivity contribution in [3.05, 3.63) is 75.6 Å². The molecule has 0 fully saturated rings. The number of fused-ring (bicyclic) bond motifs is 1. The van der Waals surface area contributed by atoms with Gasteiger partial charge in [-0.1, -0.05) is 29.8 Å². The molecule has 3 aromatic rings. The molecule has 0 amide bonds. The van der Waals surface area contributed by atoms with E-state index in [-0.39, 0.29) is 11.5 Å². The molecule has 0 saturated heterocycles. The van der Waals surface area contributed by atoms with Crippen LogP contribution >= 0.6 is 11.6 Å². The first kappa shape index (κ1) is 17.2. The highest BCUT2D eigenvalue weighted by molar-refractivity contribution is 6.31. The van der Waals surface area contributed by atoms with Crippen molar-refractivity contribution in [2.45, 2.75) is 26.4 Å². The van der Waals surface area contributed by atoms with E-state index in [0.717, 1.165) is 36.3 Å². The smallest absolute Gasteiger partial charge is 0.229 e. The largest absolute Gasteiger partial charge is 0.441 e. The Kier molecular flexibility index (Phi) is 4.51. The Balaban J connectivity index is 1.57. The van der Waals surface area contributed by atoms with Crippen LogP contribution in [0.4, 0.5) is 8.78 Å². The molecule has 0 bridgehead atoms. The number of nitrogens with zero attached hydrogens (tertiary/aromatic N) is 2. The molecule has 2 heterocycles. The fraction of sp³-hybridized carbons (Fsp3) is 0.250. The summed E-state index contributed by atoms with van der Waals surface area (Å²) in [7, 11) is 0. The summed E-state index contributed by atoms with van der Waals surface area (Å²) < 4.78 is 33.0. The average Bonchev–Trinajstić information content (AvgIpc) is 2.98. The highest BCUT2D eigenvalue weighted by atomic mass is 35.5. The monoisotopic (exact) mass is 374 g/mol. The molecular weight excluding hydrogens is 358 g/mol. The molecule has 1 aromatic heterocycles. The number of benzene rings is 2. The van der Waals surface area contributed by atoms with Gasteiger partial charge in [-0.3, -0.25) is 4.90 Å². The zero-order valence-corrected chi connectivity index (χ0v) is 15.0. The van der Waals surface area contributed by atoms with Crippen molar-refractivity contribution in [2.24, 2.45) is 0 Å². The van der Waals surface area contributed by atoms with Gasteiger partial charge < -0.3 is 4.42 Å². The predicted molar refractivity (Wildman–Crippen MR) is 95.9 cm³/mol. The molecule has 0 N–H and O–H groups in total. The minimum Gasteiger partial charge on any atom is -0.441 e. The summed E-state index contributed by atoms with van der Waals surface area (Å²) in [6.07, 6.45) is 0.872. The molecule has 0 aliphatic carbocycles. The maximum Gasteiger partial charge on any atom is 0.229 e. The summed E-state index contributed by atoms with van der Waals surface area (Å²) >= 11 is 6.26. The molecule has 0 unspecified atom stereocenters. The van der Waals surface area contributed by atoms with Crippen molar-refractivity contribution in [2.75, 3.05) is 6.54 Å². The lowest BCUT2D eigenvalue weighted by atomic mass is 9.99. The van der Waals surface area contributed by atoms with Gasteiger partial charge in [0.2, 0.25) is 5.89 Å². The van der Waals surface area contributed by atoms with Crippen LogP contribution < -0.4 is 0 Å². The third-order valence-electron chi connectivity index (χ3n) is 4.74. The Bertz CT molecular complexity index is 970. The fourth-order valence-electron chi connectivity index (χ4n) is 3.33. The van der Waals surface area contributed by atoms with E-state index in [4.69, 9.17) is 16.0 Å². The van der Waals surface area contributed by atoms with Gasteiger partial charge in [0.1, 0.15) is 5.76 Å². The third kappa shape index (κ3) is 3.13. The van der Waals surface area contributed by atoms with Crippen LogP contribution in [0.2, 0.25) is 5.02 Å². The van der Waals surface area contributed by atoms with Crippen LogP contribution in [0.1, 0.15) is 22.6 Å². The topological polar surface area (TPSA) is 29.3 Å². The summed E-state index contributed by atoms with van der Waals surface area (Å²) in [6.45, 7) is 3.99. The van der Waals surface area contributed by atoms with Crippen LogP contribution in [-0.4, -0.2) is 16.4 Å². The van der Waals surface area contributed by atoms with Gasteiger partial charge in [0, 0.05) is 24.7 Å². The summed E-state index contributed by atoms with van der Waals surface area (Å²) in [6, 6.07) is 9.93. The van der Waals surface area contributed by atoms with Crippen molar-refractivity contribution in [1.29, 1.82) is 0 Å². The van der Waals surface area contributed by atoms with Gasteiger partial charge >= 0.3 is 0 Å². The highest BCUT2D eigenvalue weighted by Crippen LogP contribution is 2.29. The van der Waals surface area contributed by atoms with Crippen LogP contribution in [0.25, 0.3) is 11.5 Å². The fourth-order valence-corrected chi connectivity index (χ4v) is 3.62. The number of aromatic nitrogens is 1. The minimum absolute atomic E-state index is 0.0371. The Hall–Kier alpha value is -2.24. The van der Waals surface area contributed by atoms with Gasteiger partial charge in [0.25, 0.3) is 0 Å². The highest BCUT2D eigenvalue weighted by Gasteiger charge is 2.22. The van der Waals surface area contributed by atoms with Gasteiger partial charge in [0.05, 0.1) is 11.3 Å². The molecule has 134 valence electrons. The van der Waals surface area contributed by atoms with Crippen molar-refractivity contribution in [1.82, 2.24) is 9.88 Å². The molecule has 1 aliphatic heterocycles. The number of halogens is 3. The molecule has 0 saturated carbocycles. The molecule has 3 nitrogen and oxygen atoms in total. The normalized spacial score (nSPS) is 14.5. The van der Waals surface area contributed by atoms with Gasteiger partial charge in [-0.2, -0.15) is 0 Å². The Morgan fingerprint density at radius 2 is 2.00 bits per heavy atom. The molecular formula is C20H17ClF2N2O. The molecule has 0 spiro atoms. The number of aryl methyl sites for hydroxylation is 1. The van der Waals surface area contributed by atoms with Gasteiger partial charge in [-0.25, -0.2) is 13.8 Å². The van der Waals surface area contributed by atoms with Gasteiger partial charge in [-0.05, 0) is 42.7 Å². The third-order valence-corrected chi connectivity index (χ3v) is 5.09. The summed E-state index contributed by atoms with van der Waals surface area (Å²) in [5, 5.41) is 0.809. The van der Waals surface area contributed by atoms with Crippen LogP contribution in [0.15, 0.2) is 40.8 Å². The van der Waals surface area contributed by atoms with Crippen LogP contribution in [0.5, 0.6) is 0 Å². The minimum atomic E-state index is -0.943. The molecule has 6 heteroatoms. The molecule has 0 radical (unpaired) electrons. The maximum atomic E-state index is 14.0. The lowest BCUT2D eigenvalue weighted by Gasteiger charge is -2.28. The number of hydrogen-bond acceptors (Lipinski definition) is 3. The van der Waals surface area contributed by atoms with E-state index >= 15 is 0 Å². The molecule has 26 heavy (non-hydrogen) atoms. The van der Waals surface area contributed by atoms with Crippen LogP contribution in [-0.2, 0) is 19.5 Å². The first-order valence-corrected chi connectivity index (χ1v) is 8.80. The van der Waals surface area contributed by atoms with E-state index in [1.807, 2.05) is 12.1 Å². The first-order valence-electron chi connectivity index (χ1n) is 8.42. The maximum absolute atomic E-state index is 14.0. The molecule has 2 aromatic carbocycles. The second-order valence-corrected chi connectivity index (χ2v) is 6.87. The second kappa shape index (κ2) is 6.82. The molecule has 0 atom stereocenters. The SMILES string of the molecule is Cc1oc(-c2cccc(F)c2F)nc1CN1CCc2c(Cl)cccc2C1. The van der Waals surface area contributed by atoms with E-state index in [0.29, 0.717) is 12.3 Å². The number of oxazole rings is 1. The number of rotatable bonds is 3. The van der Waals surface area contributed by atoms with E-state index in [1.54, 1.807) is 6.92 Å². The lowest BCUT2D eigenvalue weighted by Crippen LogP contribution is -2.30. The van der Waals surface area contributed by atoms with Crippen LogP contribution in [0.3, 0.4) is 0 Å². The quantitative estimate of drug-likeness (QED) is 0.635. The van der Waals surface area contributed by atoms with E-state index in [1.165, 1.54) is 23.3 Å². The average molecular weight is 375 g/mol. The van der Waals surface area contributed by atoms with E-state index in [9.17, 15) is 8.78 Å². The summed E-state index contributed by atoms with van der Waals surface area (Å²) in [5.41, 5.74) is 3.18. The zero-order chi connectivity index (χ0) is 18.3. The van der Waals surface area contributed by atoms with Crippen molar-refractivity contribution >= 4 is 11.6 Å². The number of hydrogen-bond donors (Lipinski definition) is 0. The Labute approximate surface area is 155 Å². The molecule has 1 aliphatic rings. The molecule has 4 rings (SSSR count). The second-order valence-electron chi connectivity index (χ2n) is 6.46.